The fourth-order valence-corrected chi connectivity index (χ4v) is 2.57. The second-order valence-electron chi connectivity index (χ2n) is 4.52. The van der Waals surface area contributed by atoms with Crippen LogP contribution in [-0.2, 0) is 4.79 Å². The van der Waals surface area contributed by atoms with Crippen LogP contribution in [0.1, 0.15) is 32.3 Å². The molecule has 0 radical (unpaired) electrons. The van der Waals surface area contributed by atoms with E-state index in [1.54, 1.807) is 12.1 Å². The maximum absolute atomic E-state index is 12.5. The minimum Gasteiger partial charge on any atom is -0.392 e. The van der Waals surface area contributed by atoms with Crippen LogP contribution in [0.3, 0.4) is 0 Å². The predicted octanol–water partition coefficient (Wildman–Crippen LogP) is 3.68. The number of halogens is 1. The number of carbonyl (C=O) groups excluding carboxylic acids is 1. The standard InChI is InChI=1S/C14H19ClN2OS/c1-4-14(5-2,12(16)19)13(18)17-11-8-6-7-10(15)9(11)3/h6-8H,4-5H2,1-3H3,(H2,16,19)(H,17,18). The monoisotopic (exact) mass is 298 g/mol. The van der Waals surface area contributed by atoms with E-state index in [2.05, 4.69) is 5.32 Å². The number of nitrogens with one attached hydrogen (secondary N) is 1. The summed E-state index contributed by atoms with van der Waals surface area (Å²) in [5.74, 6) is -0.171. The van der Waals surface area contributed by atoms with Gasteiger partial charge in [-0.05, 0) is 37.5 Å². The normalized spacial score (nSPS) is 11.2. The van der Waals surface area contributed by atoms with Crippen molar-refractivity contribution in [2.45, 2.75) is 33.6 Å². The summed E-state index contributed by atoms with van der Waals surface area (Å²) in [7, 11) is 0. The highest BCUT2D eigenvalue weighted by Crippen LogP contribution is 2.30. The van der Waals surface area contributed by atoms with Crippen molar-refractivity contribution in [1.82, 2.24) is 0 Å². The van der Waals surface area contributed by atoms with Gasteiger partial charge in [-0.25, -0.2) is 0 Å². The lowest BCUT2D eigenvalue weighted by Gasteiger charge is -2.29. The van der Waals surface area contributed by atoms with Gasteiger partial charge in [0.15, 0.2) is 0 Å². The molecule has 0 saturated heterocycles. The minimum atomic E-state index is -0.801. The second-order valence-corrected chi connectivity index (χ2v) is 5.37. The Morgan fingerprint density at radius 3 is 2.47 bits per heavy atom. The van der Waals surface area contributed by atoms with Crippen LogP contribution in [0.25, 0.3) is 0 Å². The third-order valence-corrected chi connectivity index (χ3v) is 4.43. The molecule has 0 unspecified atom stereocenters. The van der Waals surface area contributed by atoms with Crippen molar-refractivity contribution in [1.29, 1.82) is 0 Å². The molecular formula is C14H19ClN2OS. The summed E-state index contributed by atoms with van der Waals surface area (Å²) in [6.45, 7) is 5.68. The van der Waals surface area contributed by atoms with Crippen molar-refractivity contribution < 1.29 is 4.79 Å². The summed E-state index contributed by atoms with van der Waals surface area (Å²) >= 11 is 11.1. The van der Waals surface area contributed by atoms with E-state index in [1.807, 2.05) is 26.8 Å². The van der Waals surface area contributed by atoms with Crippen LogP contribution in [0, 0.1) is 12.3 Å². The van der Waals surface area contributed by atoms with Gasteiger partial charge < -0.3 is 11.1 Å². The highest BCUT2D eigenvalue weighted by Gasteiger charge is 2.38. The predicted molar refractivity (Wildman–Crippen MR) is 84.6 cm³/mol. The Kier molecular flexibility index (Phi) is 5.32. The van der Waals surface area contributed by atoms with Crippen LogP contribution < -0.4 is 11.1 Å². The summed E-state index contributed by atoms with van der Waals surface area (Å²) in [4.78, 5) is 12.7. The lowest BCUT2D eigenvalue weighted by atomic mass is 9.81. The molecule has 3 nitrogen and oxygen atoms in total. The smallest absolute Gasteiger partial charge is 0.237 e. The Labute approximate surface area is 124 Å². The Morgan fingerprint density at radius 1 is 1.42 bits per heavy atom. The SMILES string of the molecule is CCC(CC)(C(=O)Nc1cccc(Cl)c1C)C(N)=S. The van der Waals surface area contributed by atoms with Gasteiger partial charge in [0.25, 0.3) is 0 Å². The molecule has 0 aromatic heterocycles. The van der Waals surface area contributed by atoms with Gasteiger partial charge in [-0.1, -0.05) is 43.7 Å². The summed E-state index contributed by atoms with van der Waals surface area (Å²) in [5, 5.41) is 3.50. The minimum absolute atomic E-state index is 0.171. The number of thiocarbonyl (C=S) groups is 1. The first kappa shape index (κ1) is 15.9. The van der Waals surface area contributed by atoms with Gasteiger partial charge in [0.2, 0.25) is 5.91 Å². The molecule has 0 aliphatic carbocycles. The number of carbonyl (C=O) groups is 1. The zero-order valence-electron chi connectivity index (χ0n) is 11.4. The van der Waals surface area contributed by atoms with E-state index in [-0.39, 0.29) is 10.9 Å². The van der Waals surface area contributed by atoms with Crippen molar-refractivity contribution in [3.63, 3.8) is 0 Å². The van der Waals surface area contributed by atoms with Crippen LogP contribution in [-0.4, -0.2) is 10.9 Å². The van der Waals surface area contributed by atoms with E-state index in [4.69, 9.17) is 29.6 Å². The van der Waals surface area contributed by atoms with Crippen LogP contribution >= 0.6 is 23.8 Å². The number of anilines is 1. The molecule has 0 saturated carbocycles. The fraction of sp³-hybridized carbons (Fsp3) is 0.429. The Morgan fingerprint density at radius 2 is 2.00 bits per heavy atom. The van der Waals surface area contributed by atoms with Crippen LogP contribution in [0.2, 0.25) is 5.02 Å². The van der Waals surface area contributed by atoms with Crippen molar-refractivity contribution in [3.05, 3.63) is 28.8 Å². The van der Waals surface area contributed by atoms with Crippen LogP contribution in [0.5, 0.6) is 0 Å². The van der Waals surface area contributed by atoms with Gasteiger partial charge in [0.1, 0.15) is 0 Å². The van der Waals surface area contributed by atoms with Gasteiger partial charge in [-0.3, -0.25) is 4.79 Å². The van der Waals surface area contributed by atoms with Gasteiger partial charge in [0.05, 0.1) is 10.4 Å². The third kappa shape index (κ3) is 3.07. The first-order valence-corrected chi connectivity index (χ1v) is 7.04. The van der Waals surface area contributed by atoms with Crippen molar-refractivity contribution >= 4 is 40.4 Å². The molecule has 0 aliphatic rings. The van der Waals surface area contributed by atoms with Gasteiger partial charge in [-0.2, -0.15) is 0 Å². The van der Waals surface area contributed by atoms with E-state index < -0.39 is 5.41 Å². The number of benzene rings is 1. The quantitative estimate of drug-likeness (QED) is 0.815. The molecule has 0 bridgehead atoms. The lowest BCUT2D eigenvalue weighted by Crippen LogP contribution is -2.45. The summed E-state index contributed by atoms with van der Waals surface area (Å²) in [6.07, 6.45) is 1.15. The summed E-state index contributed by atoms with van der Waals surface area (Å²) in [6, 6.07) is 5.40. The zero-order valence-corrected chi connectivity index (χ0v) is 13.0. The summed E-state index contributed by atoms with van der Waals surface area (Å²) < 4.78 is 0. The number of hydrogen-bond acceptors (Lipinski definition) is 2. The fourth-order valence-electron chi connectivity index (χ4n) is 2.02. The van der Waals surface area contributed by atoms with Gasteiger partial charge >= 0.3 is 0 Å². The molecule has 1 aromatic rings. The third-order valence-electron chi connectivity index (χ3n) is 3.63. The highest BCUT2D eigenvalue weighted by atomic mass is 35.5. The first-order chi connectivity index (χ1) is 8.89. The lowest BCUT2D eigenvalue weighted by molar-refractivity contribution is -0.122. The molecule has 1 aromatic carbocycles. The molecule has 5 heteroatoms. The van der Waals surface area contributed by atoms with E-state index in [9.17, 15) is 4.79 Å². The topological polar surface area (TPSA) is 55.1 Å². The number of rotatable bonds is 5. The van der Waals surface area contributed by atoms with Crippen LogP contribution in [0.4, 0.5) is 5.69 Å². The van der Waals surface area contributed by atoms with Crippen LogP contribution in [0.15, 0.2) is 18.2 Å². The van der Waals surface area contributed by atoms with Gasteiger partial charge in [-0.15, -0.1) is 0 Å². The number of amides is 1. The van der Waals surface area contributed by atoms with Crippen molar-refractivity contribution in [2.75, 3.05) is 5.32 Å². The molecule has 0 atom stereocenters. The molecule has 104 valence electrons. The average molecular weight is 299 g/mol. The Balaban J connectivity index is 3.07. The van der Waals surface area contributed by atoms with E-state index >= 15 is 0 Å². The average Bonchev–Trinajstić information content (AvgIpc) is 2.36. The molecule has 1 amide bonds. The Bertz CT molecular complexity index is 498. The molecule has 0 aliphatic heterocycles. The maximum Gasteiger partial charge on any atom is 0.237 e. The zero-order chi connectivity index (χ0) is 14.6. The first-order valence-electron chi connectivity index (χ1n) is 6.25. The molecule has 1 rings (SSSR count). The van der Waals surface area contributed by atoms with E-state index in [0.29, 0.717) is 23.6 Å². The van der Waals surface area contributed by atoms with E-state index in [0.717, 1.165) is 5.56 Å². The largest absolute Gasteiger partial charge is 0.392 e. The number of nitrogens with two attached hydrogens (primary N) is 1. The molecule has 19 heavy (non-hydrogen) atoms. The Hall–Kier alpha value is -1.13. The van der Waals surface area contributed by atoms with Gasteiger partial charge in [0, 0.05) is 10.7 Å². The van der Waals surface area contributed by atoms with Crippen molar-refractivity contribution in [2.24, 2.45) is 11.1 Å². The molecule has 0 spiro atoms. The highest BCUT2D eigenvalue weighted by molar-refractivity contribution is 7.80. The second kappa shape index (κ2) is 6.35. The molecule has 0 fully saturated rings. The molecular weight excluding hydrogens is 280 g/mol. The molecule has 0 heterocycles. The summed E-state index contributed by atoms with van der Waals surface area (Å²) in [5.41, 5.74) is 6.49. The molecule has 3 N–H and O–H groups in total. The number of hydrogen-bond donors (Lipinski definition) is 2. The van der Waals surface area contributed by atoms with E-state index in [1.165, 1.54) is 0 Å². The van der Waals surface area contributed by atoms with Crippen molar-refractivity contribution in [3.8, 4) is 0 Å². The maximum atomic E-state index is 12.5.